The second-order valence-electron chi connectivity index (χ2n) is 2.81. The maximum absolute atomic E-state index is 10.9. The van der Waals surface area contributed by atoms with Crippen molar-refractivity contribution in [3.63, 3.8) is 0 Å². The van der Waals surface area contributed by atoms with Crippen LogP contribution in [0.2, 0.25) is 0 Å². The summed E-state index contributed by atoms with van der Waals surface area (Å²) in [4.78, 5) is 21.2. The van der Waals surface area contributed by atoms with Gasteiger partial charge in [0.25, 0.3) is 0 Å². The summed E-state index contributed by atoms with van der Waals surface area (Å²) in [6.07, 6.45) is 3.00. The Morgan fingerprint density at radius 2 is 2.33 bits per heavy atom. The smallest absolute Gasteiger partial charge is 0.145 e. The topological polar surface area (TPSA) is 34.1 Å². The van der Waals surface area contributed by atoms with E-state index in [-0.39, 0.29) is 5.78 Å². The van der Waals surface area contributed by atoms with Crippen molar-refractivity contribution in [1.82, 2.24) is 0 Å². The summed E-state index contributed by atoms with van der Waals surface area (Å²) < 4.78 is 0. The zero-order valence-electron chi connectivity index (χ0n) is 5.52. The molecule has 50 valence electrons. The van der Waals surface area contributed by atoms with Gasteiger partial charge in [-0.3, -0.25) is 4.79 Å². The molecule has 1 aliphatic carbocycles. The lowest BCUT2D eigenvalue weighted by molar-refractivity contribution is -0.130. The summed E-state index contributed by atoms with van der Waals surface area (Å²) in [5, 5.41) is 0. The minimum Gasteiger partial charge on any atom is -0.302 e. The van der Waals surface area contributed by atoms with E-state index < -0.39 is 5.41 Å². The molecule has 0 aromatic rings. The zero-order chi connectivity index (χ0) is 6.91. The molecule has 1 saturated carbocycles. The monoisotopic (exact) mass is 126 g/mol. The Kier molecular flexibility index (Phi) is 1.39. The Bertz CT molecular complexity index is 151. The van der Waals surface area contributed by atoms with Gasteiger partial charge in [-0.05, 0) is 19.8 Å². The fourth-order valence-electron chi connectivity index (χ4n) is 1.17. The third kappa shape index (κ3) is 0.889. The Morgan fingerprint density at radius 1 is 1.67 bits per heavy atom. The van der Waals surface area contributed by atoms with Crippen molar-refractivity contribution in [3.05, 3.63) is 0 Å². The van der Waals surface area contributed by atoms with Gasteiger partial charge in [0.05, 0.1) is 5.41 Å². The van der Waals surface area contributed by atoms with Gasteiger partial charge in [-0.2, -0.15) is 0 Å². The number of hydrogen-bond acceptors (Lipinski definition) is 2. The molecule has 0 N–H and O–H groups in total. The van der Waals surface area contributed by atoms with Crippen molar-refractivity contribution >= 4 is 12.1 Å². The molecular weight excluding hydrogens is 116 g/mol. The predicted molar refractivity (Wildman–Crippen MR) is 33.0 cm³/mol. The first-order valence-electron chi connectivity index (χ1n) is 3.19. The minimum absolute atomic E-state index is 0.109. The fourth-order valence-corrected chi connectivity index (χ4v) is 1.17. The number of aldehydes is 1. The summed E-state index contributed by atoms with van der Waals surface area (Å²) in [6.45, 7) is 1.72. The molecule has 0 radical (unpaired) electrons. The zero-order valence-corrected chi connectivity index (χ0v) is 5.52. The molecule has 0 heterocycles. The molecular formula is C7H10O2. The summed E-state index contributed by atoms with van der Waals surface area (Å²) in [5.74, 6) is 0.109. The van der Waals surface area contributed by atoms with Crippen LogP contribution in [0.1, 0.15) is 26.2 Å². The average molecular weight is 126 g/mol. The minimum atomic E-state index is -0.625. The van der Waals surface area contributed by atoms with E-state index in [0.717, 1.165) is 19.1 Å². The average Bonchev–Trinajstić information content (AvgIpc) is 2.15. The lowest BCUT2D eigenvalue weighted by atomic mass is 9.90. The number of ketones is 1. The van der Waals surface area contributed by atoms with E-state index in [4.69, 9.17) is 0 Å². The van der Waals surface area contributed by atoms with Gasteiger partial charge in [-0.25, -0.2) is 0 Å². The van der Waals surface area contributed by atoms with E-state index in [9.17, 15) is 9.59 Å². The molecule has 0 saturated heterocycles. The van der Waals surface area contributed by atoms with Crippen LogP contribution in [0.5, 0.6) is 0 Å². The van der Waals surface area contributed by atoms with Crippen LogP contribution in [0.25, 0.3) is 0 Å². The highest BCUT2D eigenvalue weighted by Crippen LogP contribution is 2.31. The molecule has 0 aromatic carbocycles. The van der Waals surface area contributed by atoms with Crippen LogP contribution in [0.15, 0.2) is 0 Å². The third-order valence-corrected chi connectivity index (χ3v) is 2.00. The number of Topliss-reactive ketones (excluding diaryl/α,β-unsaturated/α-hetero) is 1. The number of hydrogen-bond donors (Lipinski definition) is 0. The second-order valence-corrected chi connectivity index (χ2v) is 2.81. The Hall–Kier alpha value is -0.660. The number of carbonyl (C=O) groups is 2. The fraction of sp³-hybridized carbons (Fsp3) is 0.714. The molecule has 2 nitrogen and oxygen atoms in total. The van der Waals surface area contributed by atoms with Gasteiger partial charge < -0.3 is 4.79 Å². The largest absolute Gasteiger partial charge is 0.302 e. The van der Waals surface area contributed by atoms with Crippen LogP contribution in [0.3, 0.4) is 0 Å². The highest BCUT2D eigenvalue weighted by Gasteiger charge is 2.36. The second kappa shape index (κ2) is 1.94. The molecule has 0 spiro atoms. The lowest BCUT2D eigenvalue weighted by Gasteiger charge is -2.10. The molecule has 0 unspecified atom stereocenters. The SMILES string of the molecule is C[C@]1(C=O)CCCC1=O. The van der Waals surface area contributed by atoms with Crippen LogP contribution in [0.4, 0.5) is 0 Å². The summed E-state index contributed by atoms with van der Waals surface area (Å²) in [5.41, 5.74) is -0.625. The highest BCUT2D eigenvalue weighted by molar-refractivity contribution is 5.99. The molecule has 0 aromatic heterocycles. The van der Waals surface area contributed by atoms with Gasteiger partial charge in [0.1, 0.15) is 12.1 Å². The van der Waals surface area contributed by atoms with E-state index >= 15 is 0 Å². The molecule has 1 fully saturated rings. The van der Waals surface area contributed by atoms with Crippen LogP contribution < -0.4 is 0 Å². The molecule has 0 aliphatic heterocycles. The first kappa shape index (κ1) is 6.46. The molecule has 0 amide bonds. The quantitative estimate of drug-likeness (QED) is 0.387. The maximum atomic E-state index is 10.9. The van der Waals surface area contributed by atoms with Crippen molar-refractivity contribution in [2.45, 2.75) is 26.2 Å². The van der Waals surface area contributed by atoms with Gasteiger partial charge in [0, 0.05) is 6.42 Å². The molecule has 9 heavy (non-hydrogen) atoms. The van der Waals surface area contributed by atoms with Gasteiger partial charge in [0.2, 0.25) is 0 Å². The first-order valence-corrected chi connectivity index (χ1v) is 3.19. The van der Waals surface area contributed by atoms with E-state index in [2.05, 4.69) is 0 Å². The summed E-state index contributed by atoms with van der Waals surface area (Å²) in [6, 6.07) is 0. The van der Waals surface area contributed by atoms with E-state index in [1.807, 2.05) is 0 Å². The summed E-state index contributed by atoms with van der Waals surface area (Å²) >= 11 is 0. The van der Waals surface area contributed by atoms with Crippen molar-refractivity contribution in [2.75, 3.05) is 0 Å². The van der Waals surface area contributed by atoms with Crippen molar-refractivity contribution in [2.24, 2.45) is 5.41 Å². The van der Waals surface area contributed by atoms with Crippen LogP contribution in [-0.2, 0) is 9.59 Å². The Labute approximate surface area is 54.2 Å². The van der Waals surface area contributed by atoms with Crippen LogP contribution in [-0.4, -0.2) is 12.1 Å². The Morgan fingerprint density at radius 3 is 2.56 bits per heavy atom. The maximum Gasteiger partial charge on any atom is 0.145 e. The van der Waals surface area contributed by atoms with Crippen LogP contribution >= 0.6 is 0 Å². The standard InChI is InChI=1S/C7H10O2/c1-7(5-8)4-2-3-6(7)9/h5H,2-4H2,1H3/t7-/m1/s1. The molecule has 2 heteroatoms. The third-order valence-electron chi connectivity index (χ3n) is 2.00. The van der Waals surface area contributed by atoms with E-state index in [0.29, 0.717) is 6.42 Å². The number of carbonyl (C=O) groups excluding carboxylic acids is 2. The van der Waals surface area contributed by atoms with E-state index in [1.54, 1.807) is 6.92 Å². The molecule has 1 rings (SSSR count). The Balaban J connectivity index is 2.78. The first-order chi connectivity index (χ1) is 4.19. The lowest BCUT2D eigenvalue weighted by Crippen LogP contribution is -2.22. The van der Waals surface area contributed by atoms with Gasteiger partial charge in [0.15, 0.2) is 0 Å². The normalized spacial score (nSPS) is 35.0. The summed E-state index contributed by atoms with van der Waals surface area (Å²) in [7, 11) is 0. The van der Waals surface area contributed by atoms with Gasteiger partial charge >= 0.3 is 0 Å². The van der Waals surface area contributed by atoms with Crippen molar-refractivity contribution in [1.29, 1.82) is 0 Å². The molecule has 0 bridgehead atoms. The number of rotatable bonds is 1. The molecule has 1 atom stereocenters. The van der Waals surface area contributed by atoms with Crippen molar-refractivity contribution < 1.29 is 9.59 Å². The van der Waals surface area contributed by atoms with Gasteiger partial charge in [-0.15, -0.1) is 0 Å². The van der Waals surface area contributed by atoms with Crippen molar-refractivity contribution in [3.8, 4) is 0 Å². The van der Waals surface area contributed by atoms with Gasteiger partial charge in [-0.1, -0.05) is 0 Å². The highest BCUT2D eigenvalue weighted by atomic mass is 16.1. The van der Waals surface area contributed by atoms with E-state index in [1.165, 1.54) is 0 Å². The van der Waals surface area contributed by atoms with Crippen LogP contribution in [0, 0.1) is 5.41 Å². The molecule has 1 aliphatic rings. The predicted octanol–water partition coefficient (Wildman–Crippen LogP) is 0.945.